The van der Waals surface area contributed by atoms with Crippen molar-refractivity contribution in [3.05, 3.63) is 89.9 Å². The van der Waals surface area contributed by atoms with Gasteiger partial charge in [0.2, 0.25) is 5.91 Å². The highest BCUT2D eigenvalue weighted by Crippen LogP contribution is 2.25. The van der Waals surface area contributed by atoms with Crippen LogP contribution in [0.15, 0.2) is 77.4 Å². The number of carbonyl (C=O) groups excluding carboxylic acids is 1. The lowest BCUT2D eigenvalue weighted by Crippen LogP contribution is -2.12. The summed E-state index contributed by atoms with van der Waals surface area (Å²) in [5, 5.41) is 21.2. The zero-order valence-electron chi connectivity index (χ0n) is 13.5. The molecule has 0 aliphatic heterocycles. The highest BCUT2D eigenvalue weighted by molar-refractivity contribution is 6.08. The Bertz CT molecular complexity index is 959. The molecular formula is C20H15NO5. The number of aromatic hydroxyl groups is 1. The number of aromatic carboxylic acids is 1. The van der Waals surface area contributed by atoms with Crippen LogP contribution in [0.5, 0.6) is 5.75 Å². The Morgan fingerprint density at radius 2 is 1.77 bits per heavy atom. The predicted molar refractivity (Wildman–Crippen MR) is 95.9 cm³/mol. The largest absolute Gasteiger partial charge is 0.508 e. The number of phenols is 1. The van der Waals surface area contributed by atoms with Crippen LogP contribution in [0, 0.1) is 0 Å². The number of hydrogen-bond acceptors (Lipinski definition) is 4. The fourth-order valence-electron chi connectivity index (χ4n) is 2.46. The van der Waals surface area contributed by atoms with Crippen LogP contribution in [0.3, 0.4) is 0 Å². The van der Waals surface area contributed by atoms with Gasteiger partial charge in [0.05, 0.1) is 17.5 Å². The van der Waals surface area contributed by atoms with Gasteiger partial charge in [-0.3, -0.25) is 4.79 Å². The Labute approximate surface area is 149 Å². The summed E-state index contributed by atoms with van der Waals surface area (Å²) in [6.07, 6.45) is 2.85. The topological polar surface area (TPSA) is 99.8 Å². The second kappa shape index (κ2) is 7.40. The summed E-state index contributed by atoms with van der Waals surface area (Å²) in [5.41, 5.74) is 1.22. The zero-order valence-corrected chi connectivity index (χ0v) is 13.5. The van der Waals surface area contributed by atoms with Gasteiger partial charge in [-0.05, 0) is 35.9 Å². The third-order valence-electron chi connectivity index (χ3n) is 3.64. The van der Waals surface area contributed by atoms with E-state index in [0.29, 0.717) is 11.3 Å². The van der Waals surface area contributed by atoms with Crippen LogP contribution in [-0.2, 0) is 4.79 Å². The van der Waals surface area contributed by atoms with Gasteiger partial charge in [-0.15, -0.1) is 0 Å². The average Bonchev–Trinajstić information content (AvgIpc) is 3.16. The van der Waals surface area contributed by atoms with E-state index in [1.807, 2.05) is 30.3 Å². The Morgan fingerprint density at radius 3 is 2.42 bits per heavy atom. The third kappa shape index (κ3) is 3.81. The van der Waals surface area contributed by atoms with Crippen molar-refractivity contribution in [3.63, 3.8) is 0 Å². The molecule has 6 nitrogen and oxygen atoms in total. The smallest absolute Gasteiger partial charge is 0.337 e. The molecule has 0 atom stereocenters. The van der Waals surface area contributed by atoms with E-state index in [1.165, 1.54) is 24.5 Å². The van der Waals surface area contributed by atoms with Gasteiger partial charge in [0, 0.05) is 11.6 Å². The summed E-state index contributed by atoms with van der Waals surface area (Å²) in [6.45, 7) is 0. The number of phenolic OH excluding ortho intramolecular Hbond substituents is 1. The number of amides is 1. The zero-order chi connectivity index (χ0) is 18.5. The van der Waals surface area contributed by atoms with Gasteiger partial charge in [-0.25, -0.2) is 4.79 Å². The molecule has 0 saturated heterocycles. The third-order valence-corrected chi connectivity index (χ3v) is 3.64. The lowest BCUT2D eigenvalue weighted by atomic mass is 10.0. The summed E-state index contributed by atoms with van der Waals surface area (Å²) < 4.78 is 5.40. The molecule has 3 aromatic rings. The second-order valence-electron chi connectivity index (χ2n) is 5.43. The highest BCUT2D eigenvalue weighted by atomic mass is 16.4. The minimum Gasteiger partial charge on any atom is -0.508 e. The number of carbonyl (C=O) groups is 2. The van der Waals surface area contributed by atoms with Crippen LogP contribution in [-0.4, -0.2) is 22.1 Å². The molecule has 0 aliphatic rings. The van der Waals surface area contributed by atoms with Gasteiger partial charge in [0.25, 0.3) is 0 Å². The molecule has 6 heteroatoms. The number of rotatable bonds is 5. The predicted octanol–water partition coefficient (Wildman–Crippen LogP) is 3.75. The van der Waals surface area contributed by atoms with Crippen LogP contribution >= 0.6 is 0 Å². The van der Waals surface area contributed by atoms with E-state index >= 15 is 0 Å². The van der Waals surface area contributed by atoms with Crippen molar-refractivity contribution in [1.82, 2.24) is 0 Å². The van der Waals surface area contributed by atoms with Crippen molar-refractivity contribution in [2.45, 2.75) is 0 Å². The maximum atomic E-state index is 12.5. The van der Waals surface area contributed by atoms with E-state index in [1.54, 1.807) is 12.1 Å². The molecule has 3 N–H and O–H groups in total. The summed E-state index contributed by atoms with van der Waals surface area (Å²) >= 11 is 0. The SMILES string of the molecule is O=C(C=C(c1ccccc1)c1ccco1)Nc1ccc(O)cc1C(=O)O. The quantitative estimate of drug-likeness (QED) is 0.481. The van der Waals surface area contributed by atoms with E-state index in [2.05, 4.69) is 5.32 Å². The molecule has 1 aromatic heterocycles. The lowest BCUT2D eigenvalue weighted by molar-refractivity contribution is -0.111. The number of anilines is 1. The van der Waals surface area contributed by atoms with Gasteiger partial charge < -0.3 is 19.9 Å². The molecule has 3 rings (SSSR count). The lowest BCUT2D eigenvalue weighted by Gasteiger charge is -2.09. The van der Waals surface area contributed by atoms with Gasteiger partial charge in [-0.1, -0.05) is 30.3 Å². The van der Waals surface area contributed by atoms with Crippen molar-refractivity contribution < 1.29 is 24.2 Å². The fraction of sp³-hybridized carbons (Fsp3) is 0. The number of hydrogen-bond donors (Lipinski definition) is 3. The first-order chi connectivity index (χ1) is 12.5. The van der Waals surface area contributed by atoms with E-state index in [-0.39, 0.29) is 17.0 Å². The molecule has 1 amide bonds. The maximum Gasteiger partial charge on any atom is 0.337 e. The van der Waals surface area contributed by atoms with Gasteiger partial charge in [0.1, 0.15) is 11.5 Å². The van der Waals surface area contributed by atoms with E-state index in [0.717, 1.165) is 11.6 Å². The summed E-state index contributed by atoms with van der Waals surface area (Å²) in [6, 6.07) is 16.4. The molecule has 0 spiro atoms. The molecule has 2 aromatic carbocycles. The number of carboxylic acid groups (broad SMARTS) is 1. The molecule has 130 valence electrons. The van der Waals surface area contributed by atoms with E-state index in [4.69, 9.17) is 4.42 Å². The number of furan rings is 1. The van der Waals surface area contributed by atoms with E-state index < -0.39 is 11.9 Å². The van der Waals surface area contributed by atoms with Crippen molar-refractivity contribution in [2.24, 2.45) is 0 Å². The first-order valence-corrected chi connectivity index (χ1v) is 7.73. The Hall–Kier alpha value is -3.80. The maximum absolute atomic E-state index is 12.5. The Kier molecular flexibility index (Phi) is 4.85. The fourth-order valence-corrected chi connectivity index (χ4v) is 2.46. The van der Waals surface area contributed by atoms with Crippen LogP contribution in [0.2, 0.25) is 0 Å². The van der Waals surface area contributed by atoms with Gasteiger partial charge in [-0.2, -0.15) is 0 Å². The van der Waals surface area contributed by atoms with Crippen LogP contribution < -0.4 is 5.32 Å². The normalized spacial score (nSPS) is 11.2. The van der Waals surface area contributed by atoms with Crippen LogP contribution in [0.25, 0.3) is 5.57 Å². The van der Waals surface area contributed by atoms with Crippen LogP contribution in [0.1, 0.15) is 21.7 Å². The summed E-state index contributed by atoms with van der Waals surface area (Å²) in [5.74, 6) is -1.46. The molecule has 0 radical (unpaired) electrons. The standard InChI is InChI=1S/C20H15NO5/c22-14-8-9-17(16(11-14)20(24)25)21-19(23)12-15(18-7-4-10-26-18)13-5-2-1-3-6-13/h1-12,22H,(H,21,23)(H,24,25). The van der Waals surface area contributed by atoms with Crippen molar-refractivity contribution >= 4 is 23.1 Å². The molecule has 0 saturated carbocycles. The average molecular weight is 349 g/mol. The first-order valence-electron chi connectivity index (χ1n) is 7.73. The van der Waals surface area contributed by atoms with E-state index in [9.17, 15) is 19.8 Å². The summed E-state index contributed by atoms with van der Waals surface area (Å²) in [7, 11) is 0. The minimum atomic E-state index is -1.26. The van der Waals surface area contributed by atoms with Crippen molar-refractivity contribution in [2.75, 3.05) is 5.32 Å². The van der Waals surface area contributed by atoms with Crippen LogP contribution in [0.4, 0.5) is 5.69 Å². The van der Waals surface area contributed by atoms with Crippen molar-refractivity contribution in [1.29, 1.82) is 0 Å². The molecule has 0 unspecified atom stereocenters. The Balaban J connectivity index is 1.95. The Morgan fingerprint density at radius 1 is 1.00 bits per heavy atom. The molecular weight excluding hydrogens is 334 g/mol. The molecule has 0 bridgehead atoms. The van der Waals surface area contributed by atoms with Gasteiger partial charge >= 0.3 is 5.97 Å². The minimum absolute atomic E-state index is 0.0865. The molecule has 0 aliphatic carbocycles. The second-order valence-corrected chi connectivity index (χ2v) is 5.43. The number of nitrogens with one attached hydrogen (secondary N) is 1. The number of carboxylic acids is 1. The monoisotopic (exact) mass is 349 g/mol. The molecule has 0 fully saturated rings. The first kappa shape index (κ1) is 17.0. The number of benzene rings is 2. The van der Waals surface area contributed by atoms with Crippen molar-refractivity contribution in [3.8, 4) is 5.75 Å². The molecule has 26 heavy (non-hydrogen) atoms. The highest BCUT2D eigenvalue weighted by Gasteiger charge is 2.15. The molecule has 1 heterocycles. The summed E-state index contributed by atoms with van der Waals surface area (Å²) in [4.78, 5) is 23.8. The van der Waals surface area contributed by atoms with Gasteiger partial charge in [0.15, 0.2) is 0 Å².